The highest BCUT2D eigenvalue weighted by atomic mass is 32.2. The zero-order valence-electron chi connectivity index (χ0n) is 14.1. The van der Waals surface area contributed by atoms with Crippen LogP contribution in [0.5, 0.6) is 0 Å². The van der Waals surface area contributed by atoms with Gasteiger partial charge in [-0.05, 0) is 50.2 Å². The zero-order chi connectivity index (χ0) is 18.0. The number of nitrogens with zero attached hydrogens (tertiary/aromatic N) is 1. The lowest BCUT2D eigenvalue weighted by molar-refractivity contribution is 0.00359. The van der Waals surface area contributed by atoms with Gasteiger partial charge in [0.2, 0.25) is 0 Å². The molecule has 134 valence electrons. The van der Waals surface area contributed by atoms with E-state index in [2.05, 4.69) is 4.72 Å². The summed E-state index contributed by atoms with van der Waals surface area (Å²) in [4.78, 5) is 15.3. The highest BCUT2D eigenvalue weighted by Gasteiger charge is 2.24. The molecule has 1 unspecified atom stereocenters. The van der Waals surface area contributed by atoms with Gasteiger partial charge in [0.15, 0.2) is 0 Å². The molecule has 3 rings (SSSR count). The molecule has 1 fully saturated rings. The molecule has 0 bridgehead atoms. The molecular formula is C17H20N2O4S2. The van der Waals surface area contributed by atoms with Gasteiger partial charge in [-0.25, -0.2) is 8.42 Å². The molecule has 8 heteroatoms. The van der Waals surface area contributed by atoms with Gasteiger partial charge in [-0.15, -0.1) is 11.3 Å². The number of benzene rings is 1. The molecular weight excluding hydrogens is 360 g/mol. The van der Waals surface area contributed by atoms with E-state index in [1.165, 1.54) is 11.3 Å². The number of amides is 1. The zero-order valence-corrected chi connectivity index (χ0v) is 15.7. The van der Waals surface area contributed by atoms with Crippen molar-refractivity contribution in [3.8, 4) is 0 Å². The Morgan fingerprint density at radius 2 is 1.96 bits per heavy atom. The number of rotatable bonds is 4. The van der Waals surface area contributed by atoms with E-state index in [0.717, 1.165) is 4.88 Å². The third kappa shape index (κ3) is 4.02. The number of thiophene rings is 1. The van der Waals surface area contributed by atoms with Crippen LogP contribution in [-0.2, 0) is 14.8 Å². The van der Waals surface area contributed by atoms with Crippen molar-refractivity contribution in [2.75, 3.05) is 24.5 Å². The minimum atomic E-state index is -3.60. The maximum Gasteiger partial charge on any atom is 0.271 e. The Morgan fingerprint density at radius 3 is 2.56 bits per heavy atom. The molecule has 6 nitrogen and oxygen atoms in total. The summed E-state index contributed by atoms with van der Waals surface area (Å²) >= 11 is 1.22. The lowest BCUT2D eigenvalue weighted by Crippen LogP contribution is -2.47. The summed E-state index contributed by atoms with van der Waals surface area (Å²) in [5.41, 5.74) is 0.960. The Balaban J connectivity index is 1.73. The van der Waals surface area contributed by atoms with Gasteiger partial charge in [0.1, 0.15) is 4.21 Å². The fourth-order valence-electron chi connectivity index (χ4n) is 2.64. The summed E-state index contributed by atoms with van der Waals surface area (Å²) in [5.74, 6) is -0.0703. The molecule has 1 aliphatic rings. The Labute approximate surface area is 151 Å². The lowest BCUT2D eigenvalue weighted by atomic mass is 10.1. The minimum Gasteiger partial charge on any atom is -0.377 e. The van der Waals surface area contributed by atoms with Crippen LogP contribution in [0.4, 0.5) is 5.69 Å². The third-order valence-corrected chi connectivity index (χ3v) is 6.87. The predicted octanol–water partition coefficient (Wildman–Crippen LogP) is 2.72. The third-order valence-electron chi connectivity index (χ3n) is 3.99. The second kappa shape index (κ2) is 7.15. The highest BCUT2D eigenvalue weighted by Crippen LogP contribution is 2.24. The molecule has 0 spiro atoms. The summed E-state index contributed by atoms with van der Waals surface area (Å²) in [6.45, 7) is 5.43. The Hall–Kier alpha value is -1.90. The normalized spacial score (nSPS) is 18.2. The molecule has 2 heterocycles. The number of anilines is 1. The number of ether oxygens (including phenoxy) is 1. The topological polar surface area (TPSA) is 75.7 Å². The summed E-state index contributed by atoms with van der Waals surface area (Å²) < 4.78 is 32.8. The first kappa shape index (κ1) is 17.9. The van der Waals surface area contributed by atoms with Gasteiger partial charge in [0.25, 0.3) is 15.9 Å². The number of morpholine rings is 1. The smallest absolute Gasteiger partial charge is 0.271 e. The maximum atomic E-state index is 12.6. The minimum absolute atomic E-state index is 0.0292. The van der Waals surface area contributed by atoms with E-state index >= 15 is 0 Å². The van der Waals surface area contributed by atoms with Gasteiger partial charge in [-0.2, -0.15) is 0 Å². The second-order valence-corrected chi connectivity index (χ2v) is 9.17. The maximum absolute atomic E-state index is 12.6. The molecule has 2 aromatic rings. The van der Waals surface area contributed by atoms with Crippen molar-refractivity contribution in [3.05, 3.63) is 46.8 Å². The van der Waals surface area contributed by atoms with Crippen LogP contribution in [0.15, 0.2) is 40.6 Å². The van der Waals surface area contributed by atoms with Crippen molar-refractivity contribution >= 4 is 33.0 Å². The van der Waals surface area contributed by atoms with E-state index in [4.69, 9.17) is 4.74 Å². The molecule has 1 saturated heterocycles. The number of carbonyl (C=O) groups is 1. The van der Waals surface area contributed by atoms with Gasteiger partial charge in [-0.3, -0.25) is 9.52 Å². The van der Waals surface area contributed by atoms with Gasteiger partial charge < -0.3 is 9.64 Å². The van der Waals surface area contributed by atoms with Crippen LogP contribution in [0.2, 0.25) is 0 Å². The Kier molecular flexibility index (Phi) is 5.12. The van der Waals surface area contributed by atoms with Gasteiger partial charge in [0.05, 0.1) is 19.3 Å². The molecule has 25 heavy (non-hydrogen) atoms. The van der Waals surface area contributed by atoms with Gasteiger partial charge >= 0.3 is 0 Å². The Morgan fingerprint density at radius 1 is 1.24 bits per heavy atom. The van der Waals surface area contributed by atoms with Crippen molar-refractivity contribution < 1.29 is 17.9 Å². The number of hydrogen-bond acceptors (Lipinski definition) is 5. The number of nitrogens with one attached hydrogen (secondary N) is 1. The fraction of sp³-hybridized carbons (Fsp3) is 0.353. The SMILES string of the molecule is Cc1ccc(S(=O)(=O)Nc2ccc(C(=O)N3CCOCC3C)cc2)s1. The molecule has 0 saturated carbocycles. The van der Waals surface area contributed by atoms with E-state index in [1.54, 1.807) is 41.3 Å². The van der Waals surface area contributed by atoms with Crippen LogP contribution in [0.3, 0.4) is 0 Å². The molecule has 1 aliphatic heterocycles. The van der Waals surface area contributed by atoms with Crippen molar-refractivity contribution in [2.45, 2.75) is 24.1 Å². The largest absolute Gasteiger partial charge is 0.377 e. The highest BCUT2D eigenvalue weighted by molar-refractivity contribution is 7.94. The summed E-state index contributed by atoms with van der Waals surface area (Å²) in [6.07, 6.45) is 0. The van der Waals surface area contributed by atoms with Crippen LogP contribution in [0, 0.1) is 6.92 Å². The molecule has 0 radical (unpaired) electrons. The van der Waals surface area contributed by atoms with Crippen LogP contribution >= 0.6 is 11.3 Å². The molecule has 1 N–H and O–H groups in total. The quantitative estimate of drug-likeness (QED) is 0.885. The molecule has 0 aliphatic carbocycles. The van der Waals surface area contributed by atoms with Crippen molar-refractivity contribution in [2.24, 2.45) is 0 Å². The monoisotopic (exact) mass is 380 g/mol. The van der Waals surface area contributed by atoms with E-state index < -0.39 is 10.0 Å². The van der Waals surface area contributed by atoms with E-state index in [-0.39, 0.29) is 16.2 Å². The average Bonchev–Trinajstić information content (AvgIpc) is 3.03. The average molecular weight is 380 g/mol. The fourth-order valence-corrected chi connectivity index (χ4v) is 4.98. The first-order valence-electron chi connectivity index (χ1n) is 7.95. The molecule has 1 atom stereocenters. The van der Waals surface area contributed by atoms with Crippen LogP contribution in [0.1, 0.15) is 22.2 Å². The summed E-state index contributed by atoms with van der Waals surface area (Å²) in [6, 6.07) is 9.88. The summed E-state index contributed by atoms with van der Waals surface area (Å²) in [7, 11) is -3.60. The first-order valence-corrected chi connectivity index (χ1v) is 10.2. The van der Waals surface area contributed by atoms with Crippen LogP contribution in [-0.4, -0.2) is 45.0 Å². The van der Waals surface area contributed by atoms with E-state index in [0.29, 0.717) is 31.0 Å². The molecule has 1 amide bonds. The Bertz CT molecular complexity index is 859. The molecule has 1 aromatic carbocycles. The van der Waals surface area contributed by atoms with Crippen LogP contribution in [0.25, 0.3) is 0 Å². The predicted molar refractivity (Wildman–Crippen MR) is 97.6 cm³/mol. The number of sulfonamides is 1. The number of hydrogen-bond donors (Lipinski definition) is 1. The lowest BCUT2D eigenvalue weighted by Gasteiger charge is -2.33. The second-order valence-electron chi connectivity index (χ2n) is 5.97. The molecule has 1 aromatic heterocycles. The van der Waals surface area contributed by atoms with E-state index in [1.807, 2.05) is 13.8 Å². The van der Waals surface area contributed by atoms with Gasteiger partial charge in [-0.1, -0.05) is 0 Å². The van der Waals surface area contributed by atoms with Crippen molar-refractivity contribution in [1.29, 1.82) is 0 Å². The summed E-state index contributed by atoms with van der Waals surface area (Å²) in [5, 5.41) is 0. The van der Waals surface area contributed by atoms with Crippen LogP contribution < -0.4 is 4.72 Å². The number of aryl methyl sites for hydroxylation is 1. The van der Waals surface area contributed by atoms with Crippen molar-refractivity contribution in [1.82, 2.24) is 4.90 Å². The standard InChI is InChI=1S/C17H20N2O4S2/c1-12-11-23-10-9-19(12)17(20)14-4-6-15(7-5-14)18-25(21,22)16-8-3-13(2)24-16/h3-8,12,18H,9-11H2,1-2H3. The first-order chi connectivity index (χ1) is 11.9. The van der Waals surface area contributed by atoms with E-state index in [9.17, 15) is 13.2 Å². The van der Waals surface area contributed by atoms with Crippen molar-refractivity contribution in [3.63, 3.8) is 0 Å². The number of carbonyl (C=O) groups excluding carboxylic acids is 1. The van der Waals surface area contributed by atoms with Gasteiger partial charge in [0, 0.05) is 22.7 Å².